The van der Waals surface area contributed by atoms with Crippen LogP contribution in [0, 0.1) is 10.1 Å². The number of nitro groups is 1. The number of benzene rings is 1. The topological polar surface area (TPSA) is 95.7 Å². The predicted molar refractivity (Wildman–Crippen MR) is 73.4 cm³/mol. The second-order valence-electron chi connectivity index (χ2n) is 4.82. The van der Waals surface area contributed by atoms with Crippen LogP contribution in [-0.4, -0.2) is 46.6 Å². The van der Waals surface area contributed by atoms with Crippen molar-refractivity contribution in [2.45, 2.75) is 18.9 Å². The molecule has 0 aliphatic carbocycles. The number of nitrogens with one attached hydrogen (secondary N) is 1. The number of hydrogen-bond donors (Lipinski definition) is 2. The summed E-state index contributed by atoms with van der Waals surface area (Å²) in [4.78, 5) is 24.1. The second-order valence-corrected chi connectivity index (χ2v) is 4.82. The van der Waals surface area contributed by atoms with Gasteiger partial charge in [0.2, 0.25) is 5.91 Å². The number of aliphatic hydroxyl groups excluding tert-OH is 1. The molecular weight excluding hydrogens is 262 g/mol. The average molecular weight is 279 g/mol. The predicted octanol–water partition coefficient (Wildman–Crippen LogP) is 0.990. The minimum atomic E-state index is -0.521. The third kappa shape index (κ3) is 3.75. The van der Waals surface area contributed by atoms with Crippen molar-refractivity contribution < 1.29 is 14.8 Å². The van der Waals surface area contributed by atoms with Crippen LogP contribution in [0.4, 0.5) is 11.4 Å². The number of carbonyl (C=O) groups is 1. The van der Waals surface area contributed by atoms with Crippen molar-refractivity contribution >= 4 is 17.3 Å². The number of carbonyl (C=O) groups excluding carboxylic acids is 1. The number of likely N-dealkylation sites (tertiary alicyclic amines) is 1. The van der Waals surface area contributed by atoms with Crippen LogP contribution in [-0.2, 0) is 4.79 Å². The second kappa shape index (κ2) is 6.44. The molecule has 0 aromatic heterocycles. The summed E-state index contributed by atoms with van der Waals surface area (Å²) in [5.41, 5.74) is 0.0985. The highest BCUT2D eigenvalue weighted by Gasteiger charge is 2.21. The maximum atomic E-state index is 11.8. The van der Waals surface area contributed by atoms with Gasteiger partial charge in [-0.05, 0) is 12.5 Å². The Bertz CT molecular complexity index is 506. The summed E-state index contributed by atoms with van der Waals surface area (Å²) in [6.07, 6.45) is 0.665. The zero-order valence-corrected chi connectivity index (χ0v) is 11.0. The van der Waals surface area contributed by atoms with Crippen molar-refractivity contribution in [2.24, 2.45) is 0 Å². The lowest BCUT2D eigenvalue weighted by atomic mass is 10.2. The molecule has 108 valence electrons. The number of nitro benzene ring substituents is 1. The van der Waals surface area contributed by atoms with Gasteiger partial charge < -0.3 is 15.3 Å². The Hall–Kier alpha value is -1.99. The fourth-order valence-corrected chi connectivity index (χ4v) is 2.23. The molecule has 1 saturated heterocycles. The van der Waals surface area contributed by atoms with E-state index in [9.17, 15) is 20.0 Å². The molecular formula is C13H17N3O4. The summed E-state index contributed by atoms with van der Waals surface area (Å²) >= 11 is 0. The molecule has 7 nitrogen and oxygen atoms in total. The molecule has 1 fully saturated rings. The molecule has 1 aliphatic rings. The van der Waals surface area contributed by atoms with Gasteiger partial charge in [-0.3, -0.25) is 14.9 Å². The largest absolute Gasteiger partial charge is 0.392 e. The summed E-state index contributed by atoms with van der Waals surface area (Å²) in [6, 6.07) is 6.06. The van der Waals surface area contributed by atoms with E-state index < -0.39 is 4.92 Å². The van der Waals surface area contributed by atoms with Crippen LogP contribution in [0.3, 0.4) is 0 Å². The minimum absolute atomic E-state index is 0.113. The molecule has 2 rings (SSSR count). The van der Waals surface area contributed by atoms with Gasteiger partial charge in [-0.25, -0.2) is 0 Å². The maximum absolute atomic E-state index is 11.8. The first-order valence-electron chi connectivity index (χ1n) is 6.50. The summed E-state index contributed by atoms with van der Waals surface area (Å²) in [5, 5.41) is 22.8. The van der Waals surface area contributed by atoms with Gasteiger partial charge in [0.05, 0.1) is 11.0 Å². The van der Waals surface area contributed by atoms with Gasteiger partial charge in [0.25, 0.3) is 5.69 Å². The van der Waals surface area contributed by atoms with Crippen molar-refractivity contribution in [3.8, 4) is 0 Å². The minimum Gasteiger partial charge on any atom is -0.392 e. The van der Waals surface area contributed by atoms with Gasteiger partial charge in [0, 0.05) is 32.1 Å². The molecule has 0 saturated carbocycles. The van der Waals surface area contributed by atoms with Gasteiger partial charge in [-0.1, -0.05) is 12.1 Å². The average Bonchev–Trinajstić information content (AvgIpc) is 2.83. The molecule has 1 atom stereocenters. The Morgan fingerprint density at radius 2 is 2.25 bits per heavy atom. The van der Waals surface area contributed by atoms with E-state index in [0.717, 1.165) is 13.0 Å². The first-order chi connectivity index (χ1) is 9.56. The van der Waals surface area contributed by atoms with E-state index in [1.54, 1.807) is 12.1 Å². The normalized spacial score (nSPS) is 18.9. The summed E-state index contributed by atoms with van der Waals surface area (Å²) in [7, 11) is 0. The molecule has 2 N–H and O–H groups in total. The zero-order chi connectivity index (χ0) is 14.5. The summed E-state index contributed by atoms with van der Waals surface area (Å²) in [6.45, 7) is 1.90. The van der Waals surface area contributed by atoms with E-state index in [1.165, 1.54) is 12.1 Å². The van der Waals surface area contributed by atoms with Crippen LogP contribution in [0.15, 0.2) is 24.3 Å². The highest BCUT2D eigenvalue weighted by molar-refractivity contribution is 5.93. The maximum Gasteiger partial charge on any atom is 0.292 e. The Kier molecular flexibility index (Phi) is 4.65. The molecule has 1 aromatic rings. The van der Waals surface area contributed by atoms with Crippen molar-refractivity contribution in [1.29, 1.82) is 0 Å². The Morgan fingerprint density at radius 1 is 1.50 bits per heavy atom. The van der Waals surface area contributed by atoms with Crippen LogP contribution >= 0.6 is 0 Å². The van der Waals surface area contributed by atoms with Crippen LogP contribution in [0.2, 0.25) is 0 Å². The van der Waals surface area contributed by atoms with Crippen LogP contribution in [0.5, 0.6) is 0 Å². The number of nitrogens with zero attached hydrogens (tertiary/aromatic N) is 2. The number of para-hydroxylation sites is 2. The third-order valence-corrected chi connectivity index (χ3v) is 3.28. The van der Waals surface area contributed by atoms with Crippen LogP contribution < -0.4 is 5.32 Å². The number of anilines is 1. The third-order valence-electron chi connectivity index (χ3n) is 3.28. The van der Waals surface area contributed by atoms with Crippen molar-refractivity contribution in [1.82, 2.24) is 4.90 Å². The van der Waals surface area contributed by atoms with Gasteiger partial charge in [-0.2, -0.15) is 0 Å². The molecule has 1 aliphatic heterocycles. The monoisotopic (exact) mass is 279 g/mol. The molecule has 0 radical (unpaired) electrons. The molecule has 0 unspecified atom stereocenters. The van der Waals surface area contributed by atoms with E-state index in [2.05, 4.69) is 5.32 Å². The molecule has 1 amide bonds. The highest BCUT2D eigenvalue weighted by atomic mass is 16.6. The van der Waals surface area contributed by atoms with Crippen LogP contribution in [0.1, 0.15) is 12.8 Å². The Balaban J connectivity index is 1.87. The standard InChI is InChI=1S/C13H17N3O4/c17-10-5-7-15(9-10)8-6-13(18)14-11-3-1-2-4-12(11)16(19)20/h1-4,10,17H,5-9H2,(H,14,18)/t10-/m0/s1. The highest BCUT2D eigenvalue weighted by Crippen LogP contribution is 2.23. The molecule has 1 heterocycles. The number of hydrogen-bond acceptors (Lipinski definition) is 5. The van der Waals surface area contributed by atoms with Crippen molar-refractivity contribution in [2.75, 3.05) is 25.0 Å². The van der Waals surface area contributed by atoms with Crippen LogP contribution in [0.25, 0.3) is 0 Å². The SMILES string of the molecule is O=C(CCN1CC[C@H](O)C1)Nc1ccccc1[N+](=O)[O-]. The van der Waals surface area contributed by atoms with E-state index in [-0.39, 0.29) is 29.8 Å². The number of amides is 1. The van der Waals surface area contributed by atoms with E-state index >= 15 is 0 Å². The fourth-order valence-electron chi connectivity index (χ4n) is 2.23. The van der Waals surface area contributed by atoms with Gasteiger partial charge in [-0.15, -0.1) is 0 Å². The molecule has 1 aromatic carbocycles. The Labute approximate surface area is 116 Å². The lowest BCUT2D eigenvalue weighted by molar-refractivity contribution is -0.383. The molecule has 0 bridgehead atoms. The first-order valence-corrected chi connectivity index (χ1v) is 6.50. The number of β-amino-alcohol motifs (C(OH)–C–C–N with tert-alkyl or cyclic N) is 1. The van der Waals surface area contributed by atoms with Gasteiger partial charge in [0.1, 0.15) is 5.69 Å². The van der Waals surface area contributed by atoms with Crippen molar-refractivity contribution in [3.05, 3.63) is 34.4 Å². The molecule has 0 spiro atoms. The number of aliphatic hydroxyl groups is 1. The van der Waals surface area contributed by atoms with Gasteiger partial charge in [0.15, 0.2) is 0 Å². The molecule has 7 heteroatoms. The smallest absolute Gasteiger partial charge is 0.292 e. The lowest BCUT2D eigenvalue weighted by Crippen LogP contribution is -2.26. The van der Waals surface area contributed by atoms with E-state index in [4.69, 9.17) is 0 Å². The van der Waals surface area contributed by atoms with E-state index in [0.29, 0.717) is 13.1 Å². The number of rotatable bonds is 5. The zero-order valence-electron chi connectivity index (χ0n) is 11.0. The quantitative estimate of drug-likeness (QED) is 0.619. The summed E-state index contributed by atoms with van der Waals surface area (Å²) in [5.74, 6) is -0.263. The fraction of sp³-hybridized carbons (Fsp3) is 0.462. The van der Waals surface area contributed by atoms with Crippen molar-refractivity contribution in [3.63, 3.8) is 0 Å². The first kappa shape index (κ1) is 14.4. The van der Waals surface area contributed by atoms with Gasteiger partial charge >= 0.3 is 0 Å². The van der Waals surface area contributed by atoms with E-state index in [1.807, 2.05) is 4.90 Å². The Morgan fingerprint density at radius 3 is 2.90 bits per heavy atom. The molecule has 20 heavy (non-hydrogen) atoms. The lowest BCUT2D eigenvalue weighted by Gasteiger charge is -2.14. The summed E-state index contributed by atoms with van der Waals surface area (Å²) < 4.78 is 0.